The van der Waals surface area contributed by atoms with E-state index < -0.39 is 6.10 Å². The normalized spacial score (nSPS) is 12.0. The number of carbonyl (C=O) groups excluding carboxylic acids is 2. The Kier molecular flexibility index (Phi) is 29.6. The van der Waals surface area contributed by atoms with E-state index in [-0.39, 0.29) is 25.2 Å². The van der Waals surface area contributed by atoms with Crippen LogP contribution in [0.15, 0.2) is 0 Å². The van der Waals surface area contributed by atoms with Crippen molar-refractivity contribution in [2.24, 2.45) is 0 Å². The second-order valence-corrected chi connectivity index (χ2v) is 11.3. The average molecular weight is 541 g/mol. The molecule has 5 heteroatoms. The maximum Gasteiger partial charge on any atom is 0.306 e. The van der Waals surface area contributed by atoms with Crippen LogP contribution in [0.3, 0.4) is 0 Å². The minimum atomic E-state index is -0.757. The predicted molar refractivity (Wildman–Crippen MR) is 159 cm³/mol. The number of aliphatic hydroxyl groups is 1. The smallest absolute Gasteiger partial charge is 0.306 e. The summed E-state index contributed by atoms with van der Waals surface area (Å²) in [6.07, 6.45) is 30.9. The Morgan fingerprint density at radius 3 is 1.21 bits per heavy atom. The molecular formula is C33H64O5. The molecule has 0 aliphatic rings. The maximum atomic E-state index is 12.0. The summed E-state index contributed by atoms with van der Waals surface area (Å²) in [5.41, 5.74) is 0. The van der Waals surface area contributed by atoms with Crippen LogP contribution in [-0.4, -0.2) is 36.4 Å². The summed E-state index contributed by atoms with van der Waals surface area (Å²) < 4.78 is 10.4. The molecule has 0 aromatic heterocycles. The van der Waals surface area contributed by atoms with Crippen molar-refractivity contribution in [1.82, 2.24) is 0 Å². The van der Waals surface area contributed by atoms with Gasteiger partial charge in [-0.1, -0.05) is 155 Å². The van der Waals surface area contributed by atoms with Crippen LogP contribution in [0.5, 0.6) is 0 Å². The zero-order valence-corrected chi connectivity index (χ0v) is 25.5. The molecule has 0 fully saturated rings. The zero-order chi connectivity index (χ0) is 27.9. The summed E-state index contributed by atoms with van der Waals surface area (Å²) in [4.78, 5) is 23.6. The van der Waals surface area contributed by atoms with Crippen LogP contribution in [0.1, 0.15) is 181 Å². The highest BCUT2D eigenvalue weighted by molar-refractivity contribution is 5.70. The number of hydrogen-bond acceptors (Lipinski definition) is 5. The molecule has 1 atom stereocenters. The average Bonchev–Trinajstić information content (AvgIpc) is 2.92. The lowest BCUT2D eigenvalue weighted by molar-refractivity contribution is -0.161. The fraction of sp³-hybridized carbons (Fsp3) is 0.939. The summed E-state index contributed by atoms with van der Waals surface area (Å²) >= 11 is 0. The molecule has 0 radical (unpaired) electrons. The molecule has 0 saturated carbocycles. The van der Waals surface area contributed by atoms with E-state index in [1.54, 1.807) is 0 Å². The van der Waals surface area contributed by atoms with Crippen molar-refractivity contribution >= 4 is 11.9 Å². The molecule has 1 N–H and O–H groups in total. The molecule has 0 rings (SSSR count). The fourth-order valence-electron chi connectivity index (χ4n) is 4.85. The first kappa shape index (κ1) is 36.9. The molecule has 0 aromatic rings. The lowest BCUT2D eigenvalue weighted by atomic mass is 10.0. The summed E-state index contributed by atoms with van der Waals surface area (Å²) in [6, 6.07) is 0. The van der Waals surface area contributed by atoms with Gasteiger partial charge in [-0.2, -0.15) is 0 Å². The largest absolute Gasteiger partial charge is 0.462 e. The Labute approximate surface area is 236 Å². The van der Waals surface area contributed by atoms with Crippen LogP contribution >= 0.6 is 0 Å². The first-order valence-corrected chi connectivity index (χ1v) is 16.6. The summed E-state index contributed by atoms with van der Waals surface area (Å²) in [6.45, 7) is 3.97. The topological polar surface area (TPSA) is 72.8 Å². The third-order valence-corrected chi connectivity index (χ3v) is 7.40. The van der Waals surface area contributed by atoms with Crippen LogP contribution in [-0.2, 0) is 19.1 Å². The van der Waals surface area contributed by atoms with Crippen LogP contribution < -0.4 is 0 Å². The van der Waals surface area contributed by atoms with Gasteiger partial charge in [-0.25, -0.2) is 0 Å². The quantitative estimate of drug-likeness (QED) is 0.0725. The van der Waals surface area contributed by atoms with Crippen LogP contribution in [0, 0.1) is 0 Å². The van der Waals surface area contributed by atoms with E-state index in [9.17, 15) is 14.7 Å². The van der Waals surface area contributed by atoms with E-state index in [0.717, 1.165) is 38.5 Å². The van der Waals surface area contributed by atoms with Gasteiger partial charge in [0.25, 0.3) is 0 Å². The van der Waals surface area contributed by atoms with Crippen molar-refractivity contribution in [2.75, 3.05) is 13.2 Å². The predicted octanol–water partition coefficient (Wildman–Crippen LogP) is 9.62. The van der Waals surface area contributed by atoms with Crippen LogP contribution in [0.4, 0.5) is 0 Å². The van der Waals surface area contributed by atoms with Crippen molar-refractivity contribution < 1.29 is 24.2 Å². The SMILES string of the molecule is CCCCCCCCCCCCCCCCCCCCCCCC(=O)OC(CO)COC(=O)CCCCC. The molecule has 0 amide bonds. The summed E-state index contributed by atoms with van der Waals surface area (Å²) in [7, 11) is 0. The molecule has 5 nitrogen and oxygen atoms in total. The molecule has 0 aromatic carbocycles. The number of esters is 2. The minimum absolute atomic E-state index is 0.0630. The highest BCUT2D eigenvalue weighted by Gasteiger charge is 2.16. The zero-order valence-electron chi connectivity index (χ0n) is 25.5. The number of rotatable bonds is 30. The number of unbranched alkanes of at least 4 members (excludes halogenated alkanes) is 22. The molecule has 226 valence electrons. The van der Waals surface area contributed by atoms with Gasteiger partial charge in [0.05, 0.1) is 6.61 Å². The second-order valence-electron chi connectivity index (χ2n) is 11.3. The third kappa shape index (κ3) is 27.9. The lowest BCUT2D eigenvalue weighted by Gasteiger charge is -2.15. The maximum absolute atomic E-state index is 12.0. The third-order valence-electron chi connectivity index (χ3n) is 7.40. The van der Waals surface area contributed by atoms with E-state index in [1.807, 2.05) is 0 Å². The van der Waals surface area contributed by atoms with Gasteiger partial charge in [-0.05, 0) is 12.8 Å². The van der Waals surface area contributed by atoms with E-state index in [0.29, 0.717) is 12.8 Å². The van der Waals surface area contributed by atoms with Crippen molar-refractivity contribution in [3.05, 3.63) is 0 Å². The molecule has 0 aliphatic heterocycles. The summed E-state index contributed by atoms with van der Waals surface area (Å²) in [5, 5.41) is 9.38. The van der Waals surface area contributed by atoms with E-state index in [2.05, 4.69) is 13.8 Å². The second kappa shape index (κ2) is 30.4. The molecular weight excluding hydrogens is 476 g/mol. The minimum Gasteiger partial charge on any atom is -0.462 e. The Hall–Kier alpha value is -1.10. The van der Waals surface area contributed by atoms with Crippen LogP contribution in [0.2, 0.25) is 0 Å². The Balaban J connectivity index is 3.37. The molecule has 0 bridgehead atoms. The van der Waals surface area contributed by atoms with E-state index >= 15 is 0 Å². The Morgan fingerprint density at radius 2 is 0.816 bits per heavy atom. The first-order valence-electron chi connectivity index (χ1n) is 16.6. The first-order chi connectivity index (χ1) is 18.6. The van der Waals surface area contributed by atoms with Crippen molar-refractivity contribution in [3.63, 3.8) is 0 Å². The van der Waals surface area contributed by atoms with Crippen LogP contribution in [0.25, 0.3) is 0 Å². The fourth-order valence-corrected chi connectivity index (χ4v) is 4.85. The number of aliphatic hydroxyl groups excluding tert-OH is 1. The Morgan fingerprint density at radius 1 is 0.500 bits per heavy atom. The Bertz CT molecular complexity index is 508. The molecule has 0 saturated heterocycles. The molecule has 0 aliphatic carbocycles. The number of carbonyl (C=O) groups is 2. The van der Waals surface area contributed by atoms with Crippen molar-refractivity contribution in [1.29, 1.82) is 0 Å². The van der Waals surface area contributed by atoms with Gasteiger partial charge in [0.2, 0.25) is 0 Å². The number of ether oxygens (including phenoxy) is 2. The van der Waals surface area contributed by atoms with Gasteiger partial charge < -0.3 is 14.6 Å². The molecule has 0 spiro atoms. The van der Waals surface area contributed by atoms with Gasteiger partial charge in [-0.3, -0.25) is 9.59 Å². The molecule has 0 heterocycles. The van der Waals surface area contributed by atoms with E-state index in [1.165, 1.54) is 116 Å². The number of hydrogen-bond donors (Lipinski definition) is 1. The monoisotopic (exact) mass is 540 g/mol. The highest BCUT2D eigenvalue weighted by Crippen LogP contribution is 2.15. The van der Waals surface area contributed by atoms with E-state index in [4.69, 9.17) is 9.47 Å². The van der Waals surface area contributed by atoms with Gasteiger partial charge in [0.15, 0.2) is 6.10 Å². The standard InChI is InChI=1S/C33H64O5/c1-3-5-7-8-9-10-11-12-13-14-15-16-17-18-19-20-21-22-23-24-26-28-33(36)38-31(29-34)30-37-32(35)27-25-6-4-2/h31,34H,3-30H2,1-2H3. The molecule has 1 unspecified atom stereocenters. The summed E-state index contributed by atoms with van der Waals surface area (Å²) in [5.74, 6) is -0.610. The highest BCUT2D eigenvalue weighted by atomic mass is 16.6. The van der Waals surface area contributed by atoms with Gasteiger partial charge in [0, 0.05) is 12.8 Å². The van der Waals surface area contributed by atoms with Gasteiger partial charge in [0.1, 0.15) is 6.61 Å². The van der Waals surface area contributed by atoms with Crippen molar-refractivity contribution in [2.45, 2.75) is 187 Å². The van der Waals surface area contributed by atoms with Gasteiger partial charge >= 0.3 is 11.9 Å². The van der Waals surface area contributed by atoms with Crippen molar-refractivity contribution in [3.8, 4) is 0 Å². The van der Waals surface area contributed by atoms with Gasteiger partial charge in [-0.15, -0.1) is 0 Å². The lowest BCUT2D eigenvalue weighted by Crippen LogP contribution is -2.28. The molecule has 38 heavy (non-hydrogen) atoms.